The fourth-order valence-corrected chi connectivity index (χ4v) is 7.84. The van der Waals surface area contributed by atoms with Gasteiger partial charge in [0.05, 0.1) is 24.7 Å². The summed E-state index contributed by atoms with van der Waals surface area (Å²) in [7, 11) is 1.28. The van der Waals surface area contributed by atoms with Crippen molar-refractivity contribution in [1.82, 2.24) is 0 Å². The van der Waals surface area contributed by atoms with E-state index < -0.39 is 51.9 Å². The maximum absolute atomic E-state index is 12.9. The minimum Gasteiger partial charge on any atom is -0.481 e. The topological polar surface area (TPSA) is 141 Å². The third-order valence-corrected chi connectivity index (χ3v) is 9.75. The van der Waals surface area contributed by atoms with Crippen molar-refractivity contribution < 1.29 is 39.5 Å². The number of hydrogen-bond acceptors (Lipinski definition) is 7. The maximum Gasteiger partial charge on any atom is 0.309 e. The van der Waals surface area contributed by atoms with Crippen LogP contribution in [0, 0.1) is 28.6 Å². The predicted octanol–water partition coefficient (Wildman–Crippen LogP) is 1.60. The van der Waals surface area contributed by atoms with Gasteiger partial charge in [0.15, 0.2) is 5.78 Å². The predicted molar refractivity (Wildman–Crippen MR) is 112 cm³/mol. The molecule has 32 heavy (non-hydrogen) atoms. The molecule has 4 rings (SSSR count). The summed E-state index contributed by atoms with van der Waals surface area (Å²) in [5.74, 6) is -3.32. The highest BCUT2D eigenvalue weighted by Crippen LogP contribution is 2.70. The molecule has 0 saturated heterocycles. The summed E-state index contributed by atoms with van der Waals surface area (Å²) in [6.07, 6.45) is 1.95. The van der Waals surface area contributed by atoms with Crippen LogP contribution in [0.2, 0.25) is 0 Å². The van der Waals surface area contributed by atoms with E-state index in [1.54, 1.807) is 0 Å². The van der Waals surface area contributed by atoms with Crippen molar-refractivity contribution in [2.24, 2.45) is 28.6 Å². The Balaban J connectivity index is 1.84. The van der Waals surface area contributed by atoms with E-state index in [-0.39, 0.29) is 43.8 Å². The molecular formula is C24H34O8. The molecule has 8 heteroatoms. The summed E-state index contributed by atoms with van der Waals surface area (Å²) in [5.41, 5.74) is -4.06. The highest BCUT2D eigenvalue weighted by atomic mass is 16.5. The van der Waals surface area contributed by atoms with E-state index in [0.717, 1.165) is 0 Å². The first-order chi connectivity index (χ1) is 14.8. The molecule has 1 unspecified atom stereocenters. The van der Waals surface area contributed by atoms with E-state index in [0.29, 0.717) is 24.8 Å². The minimum atomic E-state index is -1.67. The molecule has 8 nitrogen and oxygen atoms in total. The lowest BCUT2D eigenvalue weighted by Crippen LogP contribution is -2.73. The summed E-state index contributed by atoms with van der Waals surface area (Å²) in [4.78, 5) is 36.3. The standard InChI is InChI=1S/C24H34O8/c1-21-7-4-14(25)10-13(21)11-15(20(29)32-3)19-16-5-8-23(30,9-6-18(27)28)22(16,2)12-17(26)24(19,21)31/h10,15-17,19,26,30-31H,4-9,11-12H2,1-3H3,(H,27,28)/t15-,16+,17?,19+,21+,22+,23-,24-/m1/s1. The Morgan fingerprint density at radius 2 is 1.91 bits per heavy atom. The van der Waals surface area contributed by atoms with Crippen LogP contribution in [0.4, 0.5) is 0 Å². The Morgan fingerprint density at radius 3 is 2.53 bits per heavy atom. The number of ketones is 1. The molecule has 0 radical (unpaired) electrons. The number of carbonyl (C=O) groups excluding carboxylic acids is 2. The molecule has 0 amide bonds. The van der Waals surface area contributed by atoms with Crippen molar-refractivity contribution in [2.75, 3.05) is 7.11 Å². The number of hydrogen-bond donors (Lipinski definition) is 4. The number of esters is 1. The molecule has 4 aliphatic rings. The number of carboxylic acid groups (broad SMARTS) is 1. The van der Waals surface area contributed by atoms with E-state index in [1.807, 2.05) is 13.8 Å². The van der Waals surface area contributed by atoms with Crippen LogP contribution in [-0.2, 0) is 19.1 Å². The Labute approximate surface area is 187 Å². The van der Waals surface area contributed by atoms with Crippen molar-refractivity contribution in [1.29, 1.82) is 0 Å². The zero-order valence-electron chi connectivity index (χ0n) is 19.0. The number of aliphatic hydroxyl groups excluding tert-OH is 1. The lowest BCUT2D eigenvalue weighted by molar-refractivity contribution is -0.273. The number of aliphatic carboxylic acids is 1. The van der Waals surface area contributed by atoms with E-state index in [1.165, 1.54) is 13.2 Å². The number of rotatable bonds is 4. The van der Waals surface area contributed by atoms with Gasteiger partial charge in [-0.1, -0.05) is 19.4 Å². The Bertz CT molecular complexity index is 881. The summed E-state index contributed by atoms with van der Waals surface area (Å²) in [6, 6.07) is 0. The molecule has 0 spiro atoms. The number of carboxylic acids is 1. The van der Waals surface area contributed by atoms with Gasteiger partial charge in [-0.05, 0) is 50.5 Å². The van der Waals surface area contributed by atoms with Gasteiger partial charge in [-0.3, -0.25) is 14.4 Å². The van der Waals surface area contributed by atoms with Crippen LogP contribution in [0.3, 0.4) is 0 Å². The van der Waals surface area contributed by atoms with Crippen LogP contribution < -0.4 is 0 Å². The molecule has 0 aliphatic heterocycles. The number of aliphatic hydroxyl groups is 3. The Hall–Kier alpha value is -1.77. The third kappa shape index (κ3) is 2.88. The molecule has 3 saturated carbocycles. The van der Waals surface area contributed by atoms with Crippen molar-refractivity contribution in [2.45, 2.75) is 82.5 Å². The lowest BCUT2D eigenvalue weighted by Gasteiger charge is -2.66. The van der Waals surface area contributed by atoms with Gasteiger partial charge in [-0.15, -0.1) is 0 Å². The minimum absolute atomic E-state index is 0.0486. The number of methoxy groups -OCH3 is 1. The average molecular weight is 451 g/mol. The van der Waals surface area contributed by atoms with Crippen LogP contribution in [-0.4, -0.2) is 62.6 Å². The number of fused-ring (bicyclic) bond motifs is 5. The van der Waals surface area contributed by atoms with Crippen molar-refractivity contribution in [3.05, 3.63) is 11.6 Å². The first kappa shape index (κ1) is 23.4. The fraction of sp³-hybridized carbons (Fsp3) is 0.792. The van der Waals surface area contributed by atoms with E-state index >= 15 is 0 Å². The summed E-state index contributed by atoms with van der Waals surface area (Å²) < 4.78 is 5.09. The zero-order chi connectivity index (χ0) is 23.7. The summed E-state index contributed by atoms with van der Waals surface area (Å²) >= 11 is 0. The highest BCUT2D eigenvalue weighted by molar-refractivity contribution is 5.92. The highest BCUT2D eigenvalue weighted by Gasteiger charge is 2.74. The largest absolute Gasteiger partial charge is 0.481 e. The average Bonchev–Trinajstić information content (AvgIpc) is 2.98. The van der Waals surface area contributed by atoms with Crippen molar-refractivity contribution in [3.8, 4) is 0 Å². The Morgan fingerprint density at radius 1 is 1.22 bits per heavy atom. The van der Waals surface area contributed by atoms with Crippen molar-refractivity contribution >= 4 is 17.7 Å². The first-order valence-corrected chi connectivity index (χ1v) is 11.5. The number of carbonyl (C=O) groups is 3. The molecular weight excluding hydrogens is 416 g/mol. The van der Waals surface area contributed by atoms with Gasteiger partial charge in [0.2, 0.25) is 0 Å². The van der Waals surface area contributed by atoms with Gasteiger partial charge in [0.25, 0.3) is 0 Å². The molecule has 3 fully saturated rings. The normalized spacial score (nSPS) is 47.7. The molecule has 4 N–H and O–H groups in total. The maximum atomic E-state index is 12.9. The van der Waals surface area contributed by atoms with Crippen LogP contribution in [0.15, 0.2) is 11.6 Å². The second-order valence-electron chi connectivity index (χ2n) is 10.9. The second-order valence-corrected chi connectivity index (χ2v) is 10.9. The Kier molecular flexibility index (Phi) is 5.39. The van der Waals surface area contributed by atoms with Crippen LogP contribution in [0.25, 0.3) is 0 Å². The van der Waals surface area contributed by atoms with E-state index in [9.17, 15) is 34.8 Å². The molecule has 0 aromatic carbocycles. The molecule has 8 atom stereocenters. The van der Waals surface area contributed by atoms with E-state index in [4.69, 9.17) is 4.74 Å². The zero-order valence-corrected chi connectivity index (χ0v) is 19.0. The molecule has 0 aromatic heterocycles. The molecule has 0 bridgehead atoms. The summed E-state index contributed by atoms with van der Waals surface area (Å²) in [5, 5.41) is 44.5. The van der Waals surface area contributed by atoms with Gasteiger partial charge in [-0.25, -0.2) is 0 Å². The third-order valence-electron chi connectivity index (χ3n) is 9.75. The SMILES string of the molecule is COC(=O)[C@@H]1CC2=CC(=O)CC[C@]2(C)[C@@]2(O)C(O)C[C@@]3(C)[C@@H](CC[C@@]3(O)CCC(=O)O)[C@H]12. The van der Waals surface area contributed by atoms with Gasteiger partial charge in [0.1, 0.15) is 5.60 Å². The van der Waals surface area contributed by atoms with Crippen LogP contribution in [0.5, 0.6) is 0 Å². The fourth-order valence-electron chi connectivity index (χ4n) is 7.84. The van der Waals surface area contributed by atoms with Gasteiger partial charge >= 0.3 is 11.9 Å². The molecule has 0 heterocycles. The lowest BCUT2D eigenvalue weighted by atomic mass is 9.41. The van der Waals surface area contributed by atoms with Gasteiger partial charge in [-0.2, -0.15) is 0 Å². The molecule has 4 aliphatic carbocycles. The van der Waals surface area contributed by atoms with Crippen LogP contribution >= 0.6 is 0 Å². The van der Waals surface area contributed by atoms with Gasteiger partial charge in [0, 0.05) is 29.6 Å². The monoisotopic (exact) mass is 450 g/mol. The number of ether oxygens (including phenoxy) is 1. The van der Waals surface area contributed by atoms with Crippen LogP contribution in [0.1, 0.15) is 65.2 Å². The second kappa shape index (κ2) is 7.37. The van der Waals surface area contributed by atoms with Gasteiger partial charge < -0.3 is 25.2 Å². The smallest absolute Gasteiger partial charge is 0.309 e. The van der Waals surface area contributed by atoms with Crippen molar-refractivity contribution in [3.63, 3.8) is 0 Å². The molecule has 178 valence electrons. The first-order valence-electron chi connectivity index (χ1n) is 11.5. The van der Waals surface area contributed by atoms with E-state index in [2.05, 4.69) is 0 Å². The molecule has 0 aromatic rings. The quantitative estimate of drug-likeness (QED) is 0.473. The summed E-state index contributed by atoms with van der Waals surface area (Å²) in [6.45, 7) is 3.71.